The van der Waals surface area contributed by atoms with Crippen LogP contribution in [0.1, 0.15) is 38.4 Å². The molecule has 6 heteroatoms. The van der Waals surface area contributed by atoms with Crippen molar-refractivity contribution in [1.29, 1.82) is 0 Å². The van der Waals surface area contributed by atoms with Gasteiger partial charge >= 0.3 is 6.03 Å². The molecule has 136 valence electrons. The van der Waals surface area contributed by atoms with Crippen LogP contribution in [0.2, 0.25) is 0 Å². The number of nitrogens with one attached hydrogen (secondary N) is 2. The third-order valence-corrected chi connectivity index (χ3v) is 4.07. The van der Waals surface area contributed by atoms with Gasteiger partial charge in [-0.05, 0) is 63.1 Å². The number of urea groups is 1. The summed E-state index contributed by atoms with van der Waals surface area (Å²) in [6, 6.07) is 11.1. The summed E-state index contributed by atoms with van der Waals surface area (Å²) in [5.74, 6) is 0.0920. The van der Waals surface area contributed by atoms with Crippen molar-refractivity contribution in [3.8, 4) is 0 Å². The monoisotopic (exact) mass is 352 g/mol. The number of hydrogen-bond acceptors (Lipinski definition) is 3. The first-order valence-electron chi connectivity index (χ1n) is 8.74. The number of pyridine rings is 1. The normalized spacial score (nSPS) is 14.0. The van der Waals surface area contributed by atoms with Crippen LogP contribution in [0.25, 0.3) is 0 Å². The fourth-order valence-electron chi connectivity index (χ4n) is 2.97. The summed E-state index contributed by atoms with van der Waals surface area (Å²) in [5, 5.41) is 5.73. The van der Waals surface area contributed by atoms with Crippen LogP contribution in [0, 0.1) is 0 Å². The molecule has 3 rings (SSSR count). The predicted octanol–water partition coefficient (Wildman–Crippen LogP) is 3.48. The van der Waals surface area contributed by atoms with Crippen molar-refractivity contribution in [2.45, 2.75) is 45.7 Å². The molecule has 1 aliphatic heterocycles. The Labute approximate surface area is 153 Å². The number of anilines is 2. The lowest BCUT2D eigenvalue weighted by atomic mass is 10.00. The molecule has 3 amide bonds. The minimum atomic E-state index is -0.301. The van der Waals surface area contributed by atoms with Crippen LogP contribution in [0.4, 0.5) is 16.2 Å². The molecule has 1 aromatic carbocycles. The van der Waals surface area contributed by atoms with Gasteiger partial charge in [-0.2, -0.15) is 0 Å². The van der Waals surface area contributed by atoms with Crippen LogP contribution in [0.15, 0.2) is 42.6 Å². The average molecular weight is 352 g/mol. The predicted molar refractivity (Wildman–Crippen MR) is 102 cm³/mol. The molecular formula is C20H24N4O2. The number of hydrogen-bond donors (Lipinski definition) is 2. The van der Waals surface area contributed by atoms with E-state index in [2.05, 4.69) is 15.6 Å². The molecule has 2 N–H and O–H groups in total. The van der Waals surface area contributed by atoms with E-state index in [9.17, 15) is 9.59 Å². The smallest absolute Gasteiger partial charge is 0.319 e. The van der Waals surface area contributed by atoms with E-state index >= 15 is 0 Å². The zero-order valence-electron chi connectivity index (χ0n) is 15.4. The number of rotatable bonds is 3. The highest BCUT2D eigenvalue weighted by Crippen LogP contribution is 2.31. The fourth-order valence-corrected chi connectivity index (χ4v) is 2.97. The van der Waals surface area contributed by atoms with Crippen molar-refractivity contribution in [2.75, 3.05) is 10.2 Å². The third-order valence-electron chi connectivity index (χ3n) is 4.07. The Balaban J connectivity index is 1.78. The number of aryl methyl sites for hydroxylation is 1. The van der Waals surface area contributed by atoms with E-state index in [1.165, 1.54) is 0 Å². The maximum absolute atomic E-state index is 12.4. The van der Waals surface area contributed by atoms with E-state index in [0.29, 0.717) is 19.4 Å². The Kier molecular flexibility index (Phi) is 4.93. The number of carbonyl (C=O) groups is 2. The maximum atomic E-state index is 12.4. The first-order valence-corrected chi connectivity index (χ1v) is 8.74. The molecule has 1 aliphatic rings. The number of benzene rings is 1. The number of amides is 3. The quantitative estimate of drug-likeness (QED) is 0.888. The van der Waals surface area contributed by atoms with E-state index < -0.39 is 0 Å². The largest absolute Gasteiger partial charge is 0.333 e. The number of nitrogens with zero attached hydrogens (tertiary/aromatic N) is 2. The molecule has 0 saturated heterocycles. The van der Waals surface area contributed by atoms with Crippen molar-refractivity contribution in [2.24, 2.45) is 0 Å². The summed E-state index contributed by atoms with van der Waals surface area (Å²) in [7, 11) is 0. The van der Waals surface area contributed by atoms with Crippen molar-refractivity contribution in [1.82, 2.24) is 10.3 Å². The molecule has 0 fully saturated rings. The van der Waals surface area contributed by atoms with Gasteiger partial charge in [-0.3, -0.25) is 9.78 Å². The van der Waals surface area contributed by atoms with E-state index in [1.54, 1.807) is 11.1 Å². The Morgan fingerprint density at radius 2 is 2.00 bits per heavy atom. The van der Waals surface area contributed by atoms with Crippen LogP contribution in [0.5, 0.6) is 0 Å². The molecule has 0 aliphatic carbocycles. The minimum Gasteiger partial charge on any atom is -0.333 e. The van der Waals surface area contributed by atoms with Crippen LogP contribution >= 0.6 is 0 Å². The Morgan fingerprint density at radius 1 is 1.19 bits per heavy atom. The molecule has 0 bridgehead atoms. The van der Waals surface area contributed by atoms with Gasteiger partial charge < -0.3 is 15.5 Å². The van der Waals surface area contributed by atoms with Gasteiger partial charge in [0.05, 0.1) is 12.2 Å². The van der Waals surface area contributed by atoms with Gasteiger partial charge in [-0.25, -0.2) is 4.79 Å². The van der Waals surface area contributed by atoms with Crippen molar-refractivity contribution in [3.05, 3.63) is 53.9 Å². The molecule has 2 heterocycles. The number of fused-ring (bicyclic) bond motifs is 1. The van der Waals surface area contributed by atoms with Gasteiger partial charge in [0.1, 0.15) is 0 Å². The zero-order chi connectivity index (χ0) is 18.7. The molecule has 6 nitrogen and oxygen atoms in total. The highest BCUT2D eigenvalue weighted by Gasteiger charge is 2.25. The molecule has 26 heavy (non-hydrogen) atoms. The molecule has 0 unspecified atom stereocenters. The molecule has 1 aromatic heterocycles. The minimum absolute atomic E-state index is 0.0920. The Hall–Kier alpha value is -2.89. The van der Waals surface area contributed by atoms with Gasteiger partial charge in [-0.1, -0.05) is 6.07 Å². The van der Waals surface area contributed by atoms with Crippen molar-refractivity contribution in [3.63, 3.8) is 0 Å². The van der Waals surface area contributed by atoms with Crippen molar-refractivity contribution < 1.29 is 9.59 Å². The first-order chi connectivity index (χ1) is 12.3. The molecular weight excluding hydrogens is 328 g/mol. The van der Waals surface area contributed by atoms with E-state index in [0.717, 1.165) is 22.6 Å². The van der Waals surface area contributed by atoms with Gasteiger partial charge in [0.2, 0.25) is 5.91 Å². The number of carbonyl (C=O) groups excluding carboxylic acids is 2. The highest BCUT2D eigenvalue weighted by molar-refractivity contribution is 5.97. The first kappa shape index (κ1) is 17.9. The standard InChI is InChI=1S/C20H24N4O2/c1-20(2,3)23-19(26)22-15-8-9-17-14(12-15)7-10-18(25)24(17)13-16-6-4-5-11-21-16/h4-6,8-9,11-12H,7,10,13H2,1-3H3,(H2,22,23,26). The van der Waals surface area contributed by atoms with E-state index in [1.807, 2.05) is 57.2 Å². The summed E-state index contributed by atoms with van der Waals surface area (Å²) < 4.78 is 0. The SMILES string of the molecule is CC(C)(C)NC(=O)Nc1ccc2c(c1)CCC(=O)N2Cc1ccccn1. The fraction of sp³-hybridized carbons (Fsp3) is 0.350. The van der Waals surface area contributed by atoms with Crippen LogP contribution < -0.4 is 15.5 Å². The lowest BCUT2D eigenvalue weighted by Gasteiger charge is -2.29. The van der Waals surface area contributed by atoms with Gasteiger partial charge in [0, 0.05) is 29.5 Å². The number of aromatic nitrogens is 1. The molecule has 0 spiro atoms. The lowest BCUT2D eigenvalue weighted by molar-refractivity contribution is -0.119. The lowest BCUT2D eigenvalue weighted by Crippen LogP contribution is -2.43. The van der Waals surface area contributed by atoms with Crippen molar-refractivity contribution >= 4 is 23.3 Å². The highest BCUT2D eigenvalue weighted by atomic mass is 16.2. The summed E-state index contributed by atoms with van der Waals surface area (Å²) in [5.41, 5.74) is 3.20. The second kappa shape index (κ2) is 7.15. The second-order valence-corrected chi connectivity index (χ2v) is 7.47. The molecule has 0 atom stereocenters. The average Bonchev–Trinajstić information content (AvgIpc) is 2.56. The van der Waals surface area contributed by atoms with E-state index in [-0.39, 0.29) is 17.5 Å². The zero-order valence-corrected chi connectivity index (χ0v) is 15.4. The van der Waals surface area contributed by atoms with Gasteiger partial charge in [-0.15, -0.1) is 0 Å². The van der Waals surface area contributed by atoms with Gasteiger partial charge in [0.25, 0.3) is 0 Å². The molecule has 2 aromatic rings. The topological polar surface area (TPSA) is 74.3 Å². The maximum Gasteiger partial charge on any atom is 0.319 e. The van der Waals surface area contributed by atoms with Crippen LogP contribution in [-0.4, -0.2) is 22.5 Å². The summed E-state index contributed by atoms with van der Waals surface area (Å²) in [4.78, 5) is 30.5. The second-order valence-electron chi connectivity index (χ2n) is 7.47. The summed E-state index contributed by atoms with van der Waals surface area (Å²) >= 11 is 0. The summed E-state index contributed by atoms with van der Waals surface area (Å²) in [6.07, 6.45) is 2.85. The van der Waals surface area contributed by atoms with Crippen LogP contribution in [-0.2, 0) is 17.8 Å². The third kappa shape index (κ3) is 4.39. The Bertz CT molecular complexity index is 812. The Morgan fingerprint density at radius 3 is 2.69 bits per heavy atom. The molecule has 0 radical (unpaired) electrons. The summed E-state index contributed by atoms with van der Waals surface area (Å²) in [6.45, 7) is 6.24. The molecule has 0 saturated carbocycles. The van der Waals surface area contributed by atoms with Gasteiger partial charge in [0.15, 0.2) is 0 Å². The van der Waals surface area contributed by atoms with Crippen LogP contribution in [0.3, 0.4) is 0 Å². The van der Waals surface area contributed by atoms with E-state index in [4.69, 9.17) is 0 Å².